The van der Waals surface area contributed by atoms with Gasteiger partial charge < -0.3 is 14.0 Å². The van der Waals surface area contributed by atoms with Gasteiger partial charge in [-0.2, -0.15) is 0 Å². The third kappa shape index (κ3) is 3.78. The Balaban J connectivity index is 1.88. The minimum Gasteiger partial charge on any atom is -0.493 e. The Kier molecular flexibility index (Phi) is 4.95. The van der Waals surface area contributed by atoms with E-state index < -0.39 is 5.63 Å². The molecule has 0 radical (unpaired) electrons. The van der Waals surface area contributed by atoms with Crippen molar-refractivity contribution in [1.29, 1.82) is 0 Å². The molecule has 0 aliphatic rings. The SMILES string of the molecule is C=c1[nH]oc(=O)c1=Cc1ccc(OCc2ccccc2Cl)c(OC)c1. The molecule has 0 amide bonds. The first kappa shape index (κ1) is 16.9. The molecule has 0 fully saturated rings. The van der Waals surface area contributed by atoms with Gasteiger partial charge in [-0.25, -0.2) is 9.95 Å². The number of halogens is 1. The molecule has 2 aromatic carbocycles. The van der Waals surface area contributed by atoms with Crippen LogP contribution in [-0.4, -0.2) is 12.3 Å². The number of H-pyrrole nitrogens is 1. The van der Waals surface area contributed by atoms with Crippen LogP contribution in [-0.2, 0) is 6.61 Å². The van der Waals surface area contributed by atoms with E-state index in [1.54, 1.807) is 25.3 Å². The second-order valence-electron chi connectivity index (χ2n) is 5.32. The van der Waals surface area contributed by atoms with E-state index in [9.17, 15) is 4.79 Å². The van der Waals surface area contributed by atoms with Crippen molar-refractivity contribution < 1.29 is 14.0 Å². The zero-order chi connectivity index (χ0) is 17.8. The van der Waals surface area contributed by atoms with Crippen molar-refractivity contribution in [3.05, 3.63) is 79.6 Å². The lowest BCUT2D eigenvalue weighted by molar-refractivity contribution is 0.284. The zero-order valence-corrected chi connectivity index (χ0v) is 14.3. The van der Waals surface area contributed by atoms with Crippen LogP contribution in [0.15, 0.2) is 51.8 Å². The van der Waals surface area contributed by atoms with E-state index in [-0.39, 0.29) is 0 Å². The summed E-state index contributed by atoms with van der Waals surface area (Å²) in [6.45, 7) is 4.04. The van der Waals surface area contributed by atoms with E-state index in [0.717, 1.165) is 11.1 Å². The molecule has 25 heavy (non-hydrogen) atoms. The van der Waals surface area contributed by atoms with Gasteiger partial charge in [0.2, 0.25) is 0 Å². The molecule has 0 aliphatic carbocycles. The standard InChI is InChI=1S/C19H16ClNO4/c1-12-15(19(22)25-21-12)9-13-7-8-17(18(10-13)23-2)24-11-14-5-3-4-6-16(14)20/h3-10,21H,1,11H2,2H3. The lowest BCUT2D eigenvalue weighted by atomic mass is 10.1. The average molecular weight is 358 g/mol. The second-order valence-corrected chi connectivity index (χ2v) is 5.73. The van der Waals surface area contributed by atoms with Gasteiger partial charge in [-0.1, -0.05) is 42.4 Å². The van der Waals surface area contributed by atoms with Crippen molar-refractivity contribution in [3.8, 4) is 11.5 Å². The van der Waals surface area contributed by atoms with Crippen LogP contribution in [0.5, 0.6) is 11.5 Å². The molecule has 0 atom stereocenters. The molecule has 128 valence electrons. The summed E-state index contributed by atoms with van der Waals surface area (Å²) in [5.74, 6) is 1.13. The van der Waals surface area contributed by atoms with Crippen molar-refractivity contribution in [2.45, 2.75) is 6.61 Å². The molecule has 1 N–H and O–H groups in total. The van der Waals surface area contributed by atoms with Crippen LogP contribution in [0.25, 0.3) is 12.7 Å². The Morgan fingerprint density at radius 2 is 2.04 bits per heavy atom. The summed E-state index contributed by atoms with van der Waals surface area (Å²) >= 11 is 6.13. The maximum atomic E-state index is 11.6. The van der Waals surface area contributed by atoms with Crippen molar-refractivity contribution in [3.63, 3.8) is 0 Å². The third-order valence-electron chi connectivity index (χ3n) is 3.65. The summed E-state index contributed by atoms with van der Waals surface area (Å²) in [5.41, 5.74) is 1.18. The Bertz CT molecular complexity index is 1020. The predicted molar refractivity (Wildman–Crippen MR) is 96.4 cm³/mol. The van der Waals surface area contributed by atoms with Crippen LogP contribution < -0.4 is 25.7 Å². The fourth-order valence-electron chi connectivity index (χ4n) is 2.32. The molecule has 0 saturated carbocycles. The van der Waals surface area contributed by atoms with Gasteiger partial charge in [0.25, 0.3) is 0 Å². The Morgan fingerprint density at radius 3 is 2.72 bits per heavy atom. The van der Waals surface area contributed by atoms with Crippen molar-refractivity contribution in [2.24, 2.45) is 0 Å². The van der Waals surface area contributed by atoms with Gasteiger partial charge in [-0.05, 0) is 29.8 Å². The predicted octanol–water partition coefficient (Wildman–Crippen LogP) is 2.45. The first-order valence-electron chi connectivity index (χ1n) is 7.51. The molecule has 6 heteroatoms. The second kappa shape index (κ2) is 7.32. The smallest absolute Gasteiger partial charge is 0.365 e. The van der Waals surface area contributed by atoms with Gasteiger partial charge in [0.1, 0.15) is 6.61 Å². The molecule has 0 bridgehead atoms. The molecule has 3 aromatic rings. The fraction of sp³-hybridized carbons (Fsp3) is 0.105. The first-order valence-corrected chi connectivity index (χ1v) is 7.88. The molecule has 5 nitrogen and oxygen atoms in total. The van der Waals surface area contributed by atoms with E-state index in [1.165, 1.54) is 0 Å². The number of aromatic amines is 1. The minimum absolute atomic E-state index is 0.323. The highest BCUT2D eigenvalue weighted by Crippen LogP contribution is 2.29. The molecule has 0 spiro atoms. The largest absolute Gasteiger partial charge is 0.493 e. The number of nitrogens with one attached hydrogen (secondary N) is 1. The number of aromatic nitrogens is 1. The Hall–Kier alpha value is -2.92. The fourth-order valence-corrected chi connectivity index (χ4v) is 2.51. The number of rotatable bonds is 5. The van der Waals surface area contributed by atoms with E-state index in [1.807, 2.05) is 30.3 Å². The van der Waals surface area contributed by atoms with Crippen LogP contribution >= 0.6 is 11.6 Å². The summed E-state index contributed by atoms with van der Waals surface area (Å²) in [5, 5.41) is 3.88. The molecular formula is C19H16ClNO4. The Labute approximate surface area is 148 Å². The highest BCUT2D eigenvalue weighted by atomic mass is 35.5. The summed E-state index contributed by atoms with van der Waals surface area (Å²) in [6, 6.07) is 12.8. The minimum atomic E-state index is -0.469. The third-order valence-corrected chi connectivity index (χ3v) is 4.02. The topological polar surface area (TPSA) is 64.5 Å². The van der Waals surface area contributed by atoms with Gasteiger partial charge in [0.15, 0.2) is 11.5 Å². The van der Waals surface area contributed by atoms with E-state index in [4.69, 9.17) is 25.6 Å². The lowest BCUT2D eigenvalue weighted by Gasteiger charge is -2.12. The van der Waals surface area contributed by atoms with E-state index in [0.29, 0.717) is 33.7 Å². The molecule has 1 aromatic heterocycles. The normalized spacial score (nSPS) is 11.5. The lowest BCUT2D eigenvalue weighted by Crippen LogP contribution is -2.31. The molecule has 3 rings (SSSR count). The van der Waals surface area contributed by atoms with Crippen molar-refractivity contribution in [2.75, 3.05) is 7.11 Å². The number of benzene rings is 2. The molecule has 0 unspecified atom stereocenters. The highest BCUT2D eigenvalue weighted by Gasteiger charge is 2.07. The van der Waals surface area contributed by atoms with Gasteiger partial charge >= 0.3 is 5.63 Å². The van der Waals surface area contributed by atoms with Gasteiger partial charge in [-0.3, -0.25) is 0 Å². The first-order chi connectivity index (χ1) is 12.1. The molecule has 1 heterocycles. The quantitative estimate of drug-likeness (QED) is 0.761. The summed E-state index contributed by atoms with van der Waals surface area (Å²) < 4.78 is 15.9. The molecule has 0 aliphatic heterocycles. The van der Waals surface area contributed by atoms with Crippen molar-refractivity contribution in [1.82, 2.24) is 5.16 Å². The summed E-state index contributed by atoms with van der Waals surface area (Å²) in [7, 11) is 1.55. The Morgan fingerprint density at radius 1 is 1.24 bits per heavy atom. The number of methoxy groups -OCH3 is 1. The molecular weight excluding hydrogens is 342 g/mol. The summed E-state index contributed by atoms with van der Waals surface area (Å²) in [6.07, 6.45) is 1.67. The van der Waals surface area contributed by atoms with Gasteiger partial charge in [0.05, 0.1) is 17.7 Å². The van der Waals surface area contributed by atoms with Crippen LogP contribution in [0.1, 0.15) is 11.1 Å². The number of hydrogen-bond acceptors (Lipinski definition) is 4. The van der Waals surface area contributed by atoms with Crippen LogP contribution in [0.2, 0.25) is 5.02 Å². The average Bonchev–Trinajstić information content (AvgIpc) is 2.93. The van der Waals surface area contributed by atoms with Gasteiger partial charge in [0, 0.05) is 10.6 Å². The number of hydrogen-bond donors (Lipinski definition) is 1. The van der Waals surface area contributed by atoms with Crippen LogP contribution in [0.3, 0.4) is 0 Å². The zero-order valence-electron chi connectivity index (χ0n) is 13.5. The highest BCUT2D eigenvalue weighted by molar-refractivity contribution is 6.31. The summed E-state index contributed by atoms with van der Waals surface area (Å²) in [4.78, 5) is 11.6. The van der Waals surface area contributed by atoms with E-state index >= 15 is 0 Å². The van der Waals surface area contributed by atoms with Crippen LogP contribution in [0, 0.1) is 0 Å². The maximum absolute atomic E-state index is 11.6. The van der Waals surface area contributed by atoms with Crippen molar-refractivity contribution >= 4 is 24.3 Å². The monoisotopic (exact) mass is 357 g/mol. The van der Waals surface area contributed by atoms with Gasteiger partial charge in [-0.15, -0.1) is 0 Å². The maximum Gasteiger partial charge on any atom is 0.365 e. The van der Waals surface area contributed by atoms with Crippen LogP contribution in [0.4, 0.5) is 0 Å². The number of ether oxygens (including phenoxy) is 2. The molecule has 0 saturated heterocycles. The van der Waals surface area contributed by atoms with E-state index in [2.05, 4.69) is 11.7 Å².